The van der Waals surface area contributed by atoms with Crippen LogP contribution in [0.1, 0.15) is 18.1 Å². The highest BCUT2D eigenvalue weighted by atomic mass is 32.2. The minimum Gasteiger partial charge on any atom is -0.490 e. The van der Waals surface area contributed by atoms with Crippen LogP contribution in [-0.4, -0.2) is 24.3 Å². The summed E-state index contributed by atoms with van der Waals surface area (Å²) in [6, 6.07) is 15.0. The van der Waals surface area contributed by atoms with E-state index in [0.717, 1.165) is 16.8 Å². The van der Waals surface area contributed by atoms with Gasteiger partial charge in [-0.15, -0.1) is 0 Å². The third kappa shape index (κ3) is 4.93. The van der Waals surface area contributed by atoms with Gasteiger partial charge in [0, 0.05) is 0 Å². The molecule has 2 aromatic carbocycles. The van der Waals surface area contributed by atoms with Gasteiger partial charge in [0.15, 0.2) is 23.3 Å². The lowest BCUT2D eigenvalue weighted by molar-refractivity contribution is -0.115. The van der Waals surface area contributed by atoms with Crippen LogP contribution >= 0.6 is 11.8 Å². The highest BCUT2D eigenvalue weighted by molar-refractivity contribution is 8.18. The number of aryl methyl sites for hydroxylation is 1. The van der Waals surface area contributed by atoms with E-state index in [-0.39, 0.29) is 12.5 Å². The molecule has 1 heterocycles. The van der Waals surface area contributed by atoms with Crippen molar-refractivity contribution in [3.63, 3.8) is 0 Å². The van der Waals surface area contributed by atoms with E-state index < -0.39 is 0 Å². The number of thioether (sulfide) groups is 1. The fraction of sp³-hybridized carbons (Fsp3) is 0.190. The van der Waals surface area contributed by atoms with E-state index in [4.69, 9.17) is 14.7 Å². The number of hydrogen-bond acceptors (Lipinski definition) is 6. The Bertz CT molecular complexity index is 975. The summed E-state index contributed by atoms with van der Waals surface area (Å²) < 4.78 is 10.9. The van der Waals surface area contributed by atoms with E-state index >= 15 is 0 Å². The van der Waals surface area contributed by atoms with Gasteiger partial charge in [0.05, 0.1) is 17.2 Å². The first-order chi connectivity index (χ1) is 13.6. The summed E-state index contributed by atoms with van der Waals surface area (Å²) in [6.45, 7) is 4.29. The fourth-order valence-corrected chi connectivity index (χ4v) is 3.32. The molecular weight excluding hydrogens is 374 g/mol. The maximum absolute atomic E-state index is 12.3. The first-order valence-electron chi connectivity index (χ1n) is 8.72. The van der Waals surface area contributed by atoms with Crippen LogP contribution in [0.3, 0.4) is 0 Å². The Morgan fingerprint density at radius 1 is 1.18 bits per heavy atom. The van der Waals surface area contributed by atoms with E-state index in [0.29, 0.717) is 28.2 Å². The van der Waals surface area contributed by atoms with Gasteiger partial charge in [0.1, 0.15) is 6.07 Å². The number of amidine groups is 1. The van der Waals surface area contributed by atoms with Crippen molar-refractivity contribution in [3.05, 3.63) is 58.5 Å². The van der Waals surface area contributed by atoms with Gasteiger partial charge in [0.25, 0.3) is 5.91 Å². The third-order valence-corrected chi connectivity index (χ3v) is 4.68. The van der Waals surface area contributed by atoms with Crippen molar-refractivity contribution in [2.45, 2.75) is 13.8 Å². The number of rotatable bonds is 6. The molecule has 0 saturated carbocycles. The molecule has 28 heavy (non-hydrogen) atoms. The lowest BCUT2D eigenvalue weighted by atomic mass is 10.2. The van der Waals surface area contributed by atoms with Gasteiger partial charge in [-0.05, 0) is 61.5 Å². The minimum atomic E-state index is -0.196. The lowest BCUT2D eigenvalue weighted by Crippen LogP contribution is -2.19. The molecule has 1 aliphatic heterocycles. The number of amides is 1. The molecule has 0 unspecified atom stereocenters. The van der Waals surface area contributed by atoms with Crippen LogP contribution in [0.4, 0.5) is 5.69 Å². The first kappa shape index (κ1) is 19.5. The molecule has 142 valence electrons. The Balaban J connectivity index is 1.81. The molecule has 6 nitrogen and oxygen atoms in total. The minimum absolute atomic E-state index is 0.0579. The standard InChI is InChI=1S/C21H19N3O3S/c1-3-26-18-12-15(6-9-17(18)27-11-10-22)13-19-20(25)24-21(28-19)23-16-7-4-14(2)5-8-16/h4-9,12-13H,3,11H2,1-2H3,(H,23,24,25)/b19-13-. The number of hydrogen-bond donors (Lipinski definition) is 1. The molecular formula is C21H19N3O3S. The SMILES string of the molecule is CCOc1cc(/C=C2\SC(=Nc3ccc(C)cc3)NC2=O)ccc1OCC#N. The van der Waals surface area contributed by atoms with Crippen LogP contribution in [0.25, 0.3) is 6.08 Å². The van der Waals surface area contributed by atoms with Crippen LogP contribution in [-0.2, 0) is 4.79 Å². The summed E-state index contributed by atoms with van der Waals surface area (Å²) in [7, 11) is 0. The summed E-state index contributed by atoms with van der Waals surface area (Å²) in [5.41, 5.74) is 2.73. The number of aliphatic imine (C=N–C) groups is 1. The van der Waals surface area contributed by atoms with Crippen LogP contribution in [0.2, 0.25) is 0 Å². The van der Waals surface area contributed by atoms with Gasteiger partial charge in [0.2, 0.25) is 0 Å². The molecule has 1 fully saturated rings. The molecule has 1 amide bonds. The highest BCUT2D eigenvalue weighted by Gasteiger charge is 2.24. The molecule has 2 aromatic rings. The highest BCUT2D eigenvalue weighted by Crippen LogP contribution is 2.32. The average Bonchev–Trinajstić information content (AvgIpc) is 3.02. The molecule has 0 bridgehead atoms. The maximum atomic E-state index is 12.3. The molecule has 1 saturated heterocycles. The number of carbonyl (C=O) groups excluding carboxylic acids is 1. The first-order valence-corrected chi connectivity index (χ1v) is 9.53. The summed E-state index contributed by atoms with van der Waals surface area (Å²) in [6.07, 6.45) is 1.77. The van der Waals surface area contributed by atoms with Crippen molar-refractivity contribution < 1.29 is 14.3 Å². The van der Waals surface area contributed by atoms with Crippen LogP contribution in [0.15, 0.2) is 52.4 Å². The average molecular weight is 393 g/mol. The second kappa shape index (κ2) is 9.11. The van der Waals surface area contributed by atoms with Crippen molar-refractivity contribution in [3.8, 4) is 17.6 Å². The van der Waals surface area contributed by atoms with Crippen molar-refractivity contribution >= 4 is 34.6 Å². The summed E-state index contributed by atoms with van der Waals surface area (Å²) >= 11 is 1.29. The van der Waals surface area contributed by atoms with E-state index in [9.17, 15) is 4.79 Å². The predicted octanol–water partition coefficient (Wildman–Crippen LogP) is 4.19. The maximum Gasteiger partial charge on any atom is 0.264 e. The molecule has 0 spiro atoms. The van der Waals surface area contributed by atoms with Crippen LogP contribution < -0.4 is 14.8 Å². The third-order valence-electron chi connectivity index (χ3n) is 3.77. The number of nitriles is 1. The predicted molar refractivity (Wildman–Crippen MR) is 111 cm³/mol. The molecule has 1 aliphatic rings. The quantitative estimate of drug-likeness (QED) is 0.744. The zero-order chi connectivity index (χ0) is 19.9. The van der Waals surface area contributed by atoms with Crippen LogP contribution in [0.5, 0.6) is 11.5 Å². The van der Waals surface area contributed by atoms with E-state index in [2.05, 4.69) is 10.3 Å². The zero-order valence-corrected chi connectivity index (χ0v) is 16.4. The number of carbonyl (C=O) groups is 1. The molecule has 0 radical (unpaired) electrons. The Kier molecular flexibility index (Phi) is 6.35. The summed E-state index contributed by atoms with van der Waals surface area (Å²) in [4.78, 5) is 17.3. The lowest BCUT2D eigenvalue weighted by Gasteiger charge is -2.10. The normalized spacial score (nSPS) is 16.1. The van der Waals surface area contributed by atoms with Gasteiger partial charge in [-0.2, -0.15) is 5.26 Å². The molecule has 3 rings (SSSR count). The zero-order valence-electron chi connectivity index (χ0n) is 15.6. The second-order valence-corrected chi connectivity index (χ2v) is 6.93. The van der Waals surface area contributed by atoms with Gasteiger partial charge >= 0.3 is 0 Å². The topological polar surface area (TPSA) is 83.7 Å². The van der Waals surface area contributed by atoms with Crippen molar-refractivity contribution in [1.29, 1.82) is 5.26 Å². The largest absolute Gasteiger partial charge is 0.490 e. The summed E-state index contributed by atoms with van der Waals surface area (Å²) in [5.74, 6) is 0.832. The summed E-state index contributed by atoms with van der Waals surface area (Å²) in [5, 5.41) is 12.0. The Labute approximate surface area is 167 Å². The second-order valence-electron chi connectivity index (χ2n) is 5.90. The molecule has 1 N–H and O–H groups in total. The Morgan fingerprint density at radius 2 is 1.96 bits per heavy atom. The van der Waals surface area contributed by atoms with Gasteiger partial charge in [-0.1, -0.05) is 23.8 Å². The van der Waals surface area contributed by atoms with Crippen LogP contribution in [0, 0.1) is 18.3 Å². The molecule has 0 aromatic heterocycles. The Hall–Kier alpha value is -3.24. The van der Waals surface area contributed by atoms with Crippen molar-refractivity contribution in [1.82, 2.24) is 5.32 Å². The number of benzene rings is 2. The number of ether oxygens (including phenoxy) is 2. The fourth-order valence-electron chi connectivity index (χ4n) is 2.48. The Morgan fingerprint density at radius 3 is 2.68 bits per heavy atom. The monoisotopic (exact) mass is 393 g/mol. The molecule has 7 heteroatoms. The van der Waals surface area contributed by atoms with Gasteiger partial charge in [-0.3, -0.25) is 4.79 Å². The van der Waals surface area contributed by atoms with Crippen molar-refractivity contribution in [2.75, 3.05) is 13.2 Å². The number of nitrogens with zero attached hydrogens (tertiary/aromatic N) is 2. The van der Waals surface area contributed by atoms with E-state index in [1.807, 2.05) is 50.2 Å². The smallest absolute Gasteiger partial charge is 0.264 e. The van der Waals surface area contributed by atoms with Gasteiger partial charge < -0.3 is 14.8 Å². The molecule has 0 atom stereocenters. The van der Waals surface area contributed by atoms with E-state index in [1.54, 1.807) is 18.2 Å². The molecule has 0 aliphatic carbocycles. The number of nitrogens with one attached hydrogen (secondary N) is 1. The van der Waals surface area contributed by atoms with E-state index in [1.165, 1.54) is 11.8 Å². The van der Waals surface area contributed by atoms with Gasteiger partial charge in [-0.25, -0.2) is 4.99 Å². The van der Waals surface area contributed by atoms with Crippen molar-refractivity contribution in [2.24, 2.45) is 4.99 Å².